The molecule has 0 saturated carbocycles. The monoisotopic (exact) mass is 230 g/mol. The van der Waals surface area contributed by atoms with Crippen molar-refractivity contribution in [1.82, 2.24) is 0 Å². The van der Waals surface area contributed by atoms with Crippen molar-refractivity contribution >= 4 is 12.6 Å². The molecule has 0 aliphatic rings. The first kappa shape index (κ1) is 11.1. The number of phenols is 1. The van der Waals surface area contributed by atoms with Crippen LogP contribution >= 0.6 is 12.6 Å². The standard InChI is InChI=1S/C14H14OS/c1-2-10-8-9-12(15)13(14(10)16)11-6-4-3-5-7-11/h3-9,15-16H,2H2,1H3. The molecule has 1 N–H and O–H groups in total. The summed E-state index contributed by atoms with van der Waals surface area (Å²) in [7, 11) is 0. The highest BCUT2D eigenvalue weighted by molar-refractivity contribution is 7.80. The molecule has 1 nitrogen and oxygen atoms in total. The number of benzene rings is 2. The molecule has 0 radical (unpaired) electrons. The highest BCUT2D eigenvalue weighted by atomic mass is 32.1. The van der Waals surface area contributed by atoms with Crippen LogP contribution in [0.3, 0.4) is 0 Å². The van der Waals surface area contributed by atoms with Crippen LogP contribution in [0, 0.1) is 0 Å². The van der Waals surface area contributed by atoms with E-state index < -0.39 is 0 Å². The van der Waals surface area contributed by atoms with Crippen LogP contribution in [0.5, 0.6) is 5.75 Å². The molecular formula is C14H14OS. The minimum Gasteiger partial charge on any atom is -0.507 e. The number of aryl methyl sites for hydroxylation is 1. The van der Waals surface area contributed by atoms with Crippen molar-refractivity contribution in [3.63, 3.8) is 0 Å². The molecular weight excluding hydrogens is 216 g/mol. The first-order chi connectivity index (χ1) is 7.74. The van der Waals surface area contributed by atoms with Gasteiger partial charge in [0, 0.05) is 10.5 Å². The van der Waals surface area contributed by atoms with E-state index in [9.17, 15) is 5.11 Å². The Morgan fingerprint density at radius 3 is 2.38 bits per heavy atom. The summed E-state index contributed by atoms with van der Waals surface area (Å²) in [5, 5.41) is 9.92. The molecule has 2 aromatic carbocycles. The quantitative estimate of drug-likeness (QED) is 0.749. The lowest BCUT2D eigenvalue weighted by molar-refractivity contribution is 0.475. The molecule has 2 heteroatoms. The van der Waals surface area contributed by atoms with Crippen LogP contribution in [0.15, 0.2) is 47.4 Å². The highest BCUT2D eigenvalue weighted by Gasteiger charge is 2.10. The number of rotatable bonds is 2. The van der Waals surface area contributed by atoms with E-state index in [-0.39, 0.29) is 5.75 Å². The summed E-state index contributed by atoms with van der Waals surface area (Å²) in [5.41, 5.74) is 2.98. The maximum absolute atomic E-state index is 9.92. The summed E-state index contributed by atoms with van der Waals surface area (Å²) in [5.74, 6) is 0.286. The second-order valence-electron chi connectivity index (χ2n) is 3.69. The van der Waals surface area contributed by atoms with Crippen molar-refractivity contribution in [2.45, 2.75) is 18.2 Å². The maximum Gasteiger partial charge on any atom is 0.124 e. The highest BCUT2D eigenvalue weighted by Crippen LogP contribution is 2.36. The molecule has 0 unspecified atom stereocenters. The Kier molecular flexibility index (Phi) is 3.20. The van der Waals surface area contributed by atoms with Crippen molar-refractivity contribution in [1.29, 1.82) is 0 Å². The largest absolute Gasteiger partial charge is 0.507 e. The van der Waals surface area contributed by atoms with E-state index in [2.05, 4.69) is 19.6 Å². The maximum atomic E-state index is 9.92. The van der Waals surface area contributed by atoms with Gasteiger partial charge in [-0.05, 0) is 23.6 Å². The van der Waals surface area contributed by atoms with E-state index in [0.717, 1.165) is 28.0 Å². The summed E-state index contributed by atoms with van der Waals surface area (Å²) in [6.07, 6.45) is 0.916. The van der Waals surface area contributed by atoms with Gasteiger partial charge in [0.05, 0.1) is 0 Å². The molecule has 2 aromatic rings. The predicted octanol–water partition coefficient (Wildman–Crippen LogP) is 3.91. The minimum absolute atomic E-state index is 0.286. The summed E-state index contributed by atoms with van der Waals surface area (Å²) < 4.78 is 0. The van der Waals surface area contributed by atoms with Crippen molar-refractivity contribution < 1.29 is 5.11 Å². The van der Waals surface area contributed by atoms with Crippen LogP contribution in [-0.2, 0) is 6.42 Å². The Labute approximate surface area is 101 Å². The van der Waals surface area contributed by atoms with Gasteiger partial charge in [0.2, 0.25) is 0 Å². The second kappa shape index (κ2) is 4.62. The number of aromatic hydroxyl groups is 1. The Morgan fingerprint density at radius 1 is 1.06 bits per heavy atom. The molecule has 0 aliphatic heterocycles. The second-order valence-corrected chi connectivity index (χ2v) is 4.13. The average Bonchev–Trinajstić information content (AvgIpc) is 2.31. The van der Waals surface area contributed by atoms with Gasteiger partial charge in [-0.1, -0.05) is 43.3 Å². The molecule has 2 rings (SSSR count). The van der Waals surface area contributed by atoms with Crippen LogP contribution in [-0.4, -0.2) is 5.11 Å². The van der Waals surface area contributed by atoms with E-state index in [4.69, 9.17) is 0 Å². The van der Waals surface area contributed by atoms with Crippen molar-refractivity contribution in [3.8, 4) is 16.9 Å². The first-order valence-corrected chi connectivity index (χ1v) is 5.78. The number of phenolic OH excluding ortho intramolecular Hbond substituents is 1. The molecule has 0 fully saturated rings. The lowest BCUT2D eigenvalue weighted by Gasteiger charge is -2.11. The number of hydrogen-bond acceptors (Lipinski definition) is 2. The van der Waals surface area contributed by atoms with Crippen LogP contribution in [0.4, 0.5) is 0 Å². The van der Waals surface area contributed by atoms with E-state index in [1.165, 1.54) is 0 Å². The fraction of sp³-hybridized carbons (Fsp3) is 0.143. The van der Waals surface area contributed by atoms with Crippen LogP contribution in [0.1, 0.15) is 12.5 Å². The summed E-state index contributed by atoms with van der Waals surface area (Å²) in [6, 6.07) is 13.5. The van der Waals surface area contributed by atoms with Gasteiger partial charge in [-0.2, -0.15) is 0 Å². The van der Waals surface area contributed by atoms with Gasteiger partial charge >= 0.3 is 0 Å². The molecule has 0 saturated heterocycles. The fourth-order valence-corrected chi connectivity index (χ4v) is 2.27. The fourth-order valence-electron chi connectivity index (χ4n) is 1.80. The van der Waals surface area contributed by atoms with Crippen molar-refractivity contribution in [2.24, 2.45) is 0 Å². The summed E-state index contributed by atoms with van der Waals surface area (Å²) >= 11 is 4.51. The Morgan fingerprint density at radius 2 is 1.75 bits per heavy atom. The van der Waals surface area contributed by atoms with Gasteiger partial charge in [-0.3, -0.25) is 0 Å². The Bertz CT molecular complexity index is 492. The molecule has 0 amide bonds. The van der Waals surface area contributed by atoms with Crippen molar-refractivity contribution in [2.75, 3.05) is 0 Å². The van der Waals surface area contributed by atoms with Gasteiger partial charge < -0.3 is 5.11 Å². The van der Waals surface area contributed by atoms with E-state index >= 15 is 0 Å². The summed E-state index contributed by atoms with van der Waals surface area (Å²) in [4.78, 5) is 0.869. The van der Waals surface area contributed by atoms with Gasteiger partial charge in [0.1, 0.15) is 5.75 Å². The van der Waals surface area contributed by atoms with Gasteiger partial charge in [0.25, 0.3) is 0 Å². The molecule has 82 valence electrons. The zero-order valence-electron chi connectivity index (χ0n) is 9.14. The van der Waals surface area contributed by atoms with Gasteiger partial charge in [-0.25, -0.2) is 0 Å². The average molecular weight is 230 g/mol. The lowest BCUT2D eigenvalue weighted by Crippen LogP contribution is -1.88. The summed E-state index contributed by atoms with van der Waals surface area (Å²) in [6.45, 7) is 2.08. The SMILES string of the molecule is CCc1ccc(O)c(-c2ccccc2)c1S. The lowest BCUT2D eigenvalue weighted by atomic mass is 10.0. The van der Waals surface area contributed by atoms with E-state index in [1.54, 1.807) is 6.07 Å². The van der Waals surface area contributed by atoms with Gasteiger partial charge in [-0.15, -0.1) is 12.6 Å². The van der Waals surface area contributed by atoms with E-state index in [1.807, 2.05) is 36.4 Å². The predicted molar refractivity (Wildman–Crippen MR) is 70.2 cm³/mol. The Balaban J connectivity index is 2.64. The molecule has 0 aromatic heterocycles. The normalized spacial score (nSPS) is 10.4. The molecule has 16 heavy (non-hydrogen) atoms. The first-order valence-electron chi connectivity index (χ1n) is 5.33. The Hall–Kier alpha value is -1.41. The van der Waals surface area contributed by atoms with Crippen LogP contribution in [0.2, 0.25) is 0 Å². The number of thiol groups is 1. The third-order valence-electron chi connectivity index (χ3n) is 2.68. The molecule has 0 spiro atoms. The van der Waals surface area contributed by atoms with Crippen LogP contribution in [0.25, 0.3) is 11.1 Å². The topological polar surface area (TPSA) is 20.2 Å². The molecule has 0 bridgehead atoms. The van der Waals surface area contributed by atoms with E-state index in [0.29, 0.717) is 0 Å². The zero-order valence-corrected chi connectivity index (χ0v) is 10.0. The third-order valence-corrected chi connectivity index (χ3v) is 3.19. The van der Waals surface area contributed by atoms with Gasteiger partial charge in [0.15, 0.2) is 0 Å². The molecule has 0 atom stereocenters. The number of hydrogen-bond donors (Lipinski definition) is 2. The van der Waals surface area contributed by atoms with Crippen LogP contribution < -0.4 is 0 Å². The molecule has 0 heterocycles. The zero-order chi connectivity index (χ0) is 11.5. The molecule has 0 aliphatic carbocycles. The smallest absolute Gasteiger partial charge is 0.124 e. The minimum atomic E-state index is 0.286. The van der Waals surface area contributed by atoms with Crippen molar-refractivity contribution in [3.05, 3.63) is 48.0 Å². The third kappa shape index (κ3) is 1.93.